The topological polar surface area (TPSA) is 62.2 Å². The summed E-state index contributed by atoms with van der Waals surface area (Å²) in [7, 11) is 5.38. The molecule has 0 unspecified atom stereocenters. The molecule has 0 aliphatic rings. The maximum Gasteiger partial charge on any atom is 0.142 e. The second-order valence-electron chi connectivity index (χ2n) is 3.50. The number of rotatable bonds is 5. The van der Waals surface area contributed by atoms with E-state index in [1.54, 1.807) is 7.11 Å². The van der Waals surface area contributed by atoms with E-state index in [0.717, 1.165) is 11.3 Å². The van der Waals surface area contributed by atoms with Crippen LogP contribution in [0.2, 0.25) is 0 Å². The molecule has 1 aromatic carbocycles. The molecule has 5 heteroatoms. The molecule has 1 aromatic rings. The van der Waals surface area contributed by atoms with E-state index in [1.165, 1.54) is 23.9 Å². The summed E-state index contributed by atoms with van der Waals surface area (Å²) in [5.41, 5.74) is 1.12. The maximum absolute atomic E-state index is 10.0. The molecule has 0 saturated heterocycles. The number of allylic oxidation sites excluding steroid dienone is 1. The van der Waals surface area contributed by atoms with Gasteiger partial charge in [0.05, 0.1) is 12.2 Å². The van der Waals surface area contributed by atoms with Crippen LogP contribution >= 0.6 is 11.8 Å². The van der Waals surface area contributed by atoms with Gasteiger partial charge in [-0.15, -0.1) is 11.8 Å². The quantitative estimate of drug-likeness (QED) is 0.357. The highest BCUT2D eigenvalue weighted by Gasteiger charge is 1.97. The van der Waals surface area contributed by atoms with Crippen molar-refractivity contribution >= 4 is 23.1 Å². The summed E-state index contributed by atoms with van der Waals surface area (Å²) < 4.78 is 5.05. The molecule has 0 heterocycles. The summed E-state index contributed by atoms with van der Waals surface area (Å²) in [6.45, 7) is 8.00. The van der Waals surface area contributed by atoms with Crippen LogP contribution in [0.5, 0.6) is 5.75 Å². The van der Waals surface area contributed by atoms with Crippen molar-refractivity contribution in [3.05, 3.63) is 42.0 Å². The molecule has 23 heavy (non-hydrogen) atoms. The Morgan fingerprint density at radius 1 is 1.17 bits per heavy atom. The molecule has 0 spiro atoms. The van der Waals surface area contributed by atoms with Gasteiger partial charge in [-0.3, -0.25) is 10.2 Å². The third-order valence-electron chi connectivity index (χ3n) is 1.88. The Morgan fingerprint density at radius 2 is 1.65 bits per heavy atom. The van der Waals surface area contributed by atoms with Gasteiger partial charge in [-0.25, -0.2) is 0 Å². The van der Waals surface area contributed by atoms with Crippen LogP contribution in [0.1, 0.15) is 33.3 Å². The zero-order valence-electron chi connectivity index (χ0n) is 15.5. The molecule has 0 radical (unpaired) electrons. The van der Waals surface area contributed by atoms with E-state index in [1.807, 2.05) is 66.1 Å². The van der Waals surface area contributed by atoms with E-state index in [0.29, 0.717) is 17.1 Å². The fraction of sp³-hybridized carbons (Fsp3) is 0.444. The van der Waals surface area contributed by atoms with Crippen LogP contribution in [0.4, 0.5) is 0 Å². The lowest BCUT2D eigenvalue weighted by atomic mass is 10.2. The molecule has 0 atom stereocenters. The average molecular weight is 341 g/mol. The lowest BCUT2D eigenvalue weighted by molar-refractivity contribution is -0.104. The Morgan fingerprint density at radius 3 is 2.04 bits per heavy atom. The van der Waals surface area contributed by atoms with Gasteiger partial charge in [0.15, 0.2) is 0 Å². The summed E-state index contributed by atoms with van der Waals surface area (Å²) in [6.07, 6.45) is 3.48. The summed E-state index contributed by atoms with van der Waals surface area (Å²) >= 11 is 1.38. The van der Waals surface area contributed by atoms with Crippen LogP contribution in [0, 0.1) is 5.41 Å². The number of carbonyl (C=O) groups excluding carboxylic acids is 1. The lowest BCUT2D eigenvalue weighted by Gasteiger charge is -2.02. The minimum absolute atomic E-state index is 0.378. The Balaban J connectivity index is -0.000000496. The molecular formula is C18H32N2O2S. The summed E-state index contributed by atoms with van der Waals surface area (Å²) in [5.74, 6) is 1.54. The predicted molar refractivity (Wildman–Crippen MR) is 105 cm³/mol. The number of aldehydes is 1. The number of ether oxygens (including phenoxy) is 1. The fourth-order valence-corrected chi connectivity index (χ4v) is 1.75. The highest BCUT2D eigenvalue weighted by molar-refractivity contribution is 8.13. The molecule has 2 N–H and O–H groups in total. The van der Waals surface area contributed by atoms with E-state index >= 15 is 0 Å². The van der Waals surface area contributed by atoms with Gasteiger partial charge in [0, 0.05) is 5.75 Å². The van der Waals surface area contributed by atoms with Crippen molar-refractivity contribution in [3.63, 3.8) is 0 Å². The number of hydrogen-bond acceptors (Lipinski definition) is 5. The van der Waals surface area contributed by atoms with Gasteiger partial charge in [-0.1, -0.05) is 39.8 Å². The van der Waals surface area contributed by atoms with Crippen LogP contribution in [0.25, 0.3) is 0 Å². The monoisotopic (exact) mass is 340 g/mol. The van der Waals surface area contributed by atoms with E-state index in [4.69, 9.17) is 10.1 Å². The van der Waals surface area contributed by atoms with E-state index in [2.05, 4.69) is 5.32 Å². The molecule has 0 bridgehead atoms. The molecule has 0 aliphatic carbocycles. The zero-order valence-corrected chi connectivity index (χ0v) is 16.3. The zero-order chi connectivity index (χ0) is 18.5. The minimum atomic E-state index is 0.378. The van der Waals surface area contributed by atoms with E-state index in [-0.39, 0.29) is 0 Å². The first-order valence-electron chi connectivity index (χ1n) is 7.72. The van der Waals surface area contributed by atoms with Crippen molar-refractivity contribution in [1.29, 1.82) is 5.41 Å². The number of thioether (sulfide) groups is 1. The van der Waals surface area contributed by atoms with Crippen molar-refractivity contribution in [1.82, 2.24) is 5.32 Å². The van der Waals surface area contributed by atoms with Gasteiger partial charge >= 0.3 is 0 Å². The van der Waals surface area contributed by atoms with Gasteiger partial charge in [0.2, 0.25) is 0 Å². The van der Waals surface area contributed by atoms with Gasteiger partial charge in [0.1, 0.15) is 12.0 Å². The van der Waals surface area contributed by atoms with Crippen LogP contribution < -0.4 is 10.1 Å². The number of nitrogens with one attached hydrogen (secondary N) is 2. The molecule has 0 saturated carbocycles. The smallest absolute Gasteiger partial charge is 0.142 e. The molecule has 4 nitrogen and oxygen atoms in total. The highest BCUT2D eigenvalue weighted by Crippen LogP contribution is 2.17. The SMILES string of the molecule is CC.CC.CNC.COc1ccc(CSC(=N)/C=C\C=O)cc1. The first-order chi connectivity index (χ1) is 11.2. The van der Waals surface area contributed by atoms with Crippen molar-refractivity contribution < 1.29 is 9.53 Å². The van der Waals surface area contributed by atoms with Crippen LogP contribution in [0.3, 0.4) is 0 Å². The van der Waals surface area contributed by atoms with Crippen molar-refractivity contribution in [2.45, 2.75) is 33.4 Å². The minimum Gasteiger partial charge on any atom is -0.497 e. The van der Waals surface area contributed by atoms with E-state index in [9.17, 15) is 4.79 Å². The molecule has 0 aromatic heterocycles. The maximum atomic E-state index is 10.0. The van der Waals surface area contributed by atoms with Crippen LogP contribution in [-0.4, -0.2) is 32.5 Å². The third kappa shape index (κ3) is 18.4. The number of methoxy groups -OCH3 is 1. The van der Waals surface area contributed by atoms with Crippen LogP contribution in [0.15, 0.2) is 36.4 Å². The van der Waals surface area contributed by atoms with Crippen molar-refractivity contribution in [3.8, 4) is 5.75 Å². The summed E-state index contributed by atoms with van der Waals surface area (Å²) in [4.78, 5) is 10.0. The average Bonchev–Trinajstić information content (AvgIpc) is 2.62. The standard InChI is InChI=1S/C12H13NO2S.C2H7N.2C2H6/c1-15-11-6-4-10(5-7-11)9-16-12(13)3-2-8-14;1-3-2;2*1-2/h2-8,13H,9H2,1H3;3H,1-2H3;2*1-2H3/b3-2-,13-12?;;;. The summed E-state index contributed by atoms with van der Waals surface area (Å²) in [5, 5.41) is 10.6. The second-order valence-corrected chi connectivity index (χ2v) is 4.51. The largest absolute Gasteiger partial charge is 0.497 e. The lowest BCUT2D eigenvalue weighted by Crippen LogP contribution is -1.89. The molecule has 0 aliphatic heterocycles. The van der Waals surface area contributed by atoms with Gasteiger partial charge in [-0.05, 0) is 43.9 Å². The van der Waals surface area contributed by atoms with E-state index < -0.39 is 0 Å². The number of benzene rings is 1. The van der Waals surface area contributed by atoms with Crippen molar-refractivity contribution in [2.24, 2.45) is 0 Å². The van der Waals surface area contributed by atoms with Crippen molar-refractivity contribution in [2.75, 3.05) is 21.2 Å². The highest BCUT2D eigenvalue weighted by atomic mass is 32.2. The Kier molecular flexibility index (Phi) is 26.0. The number of hydrogen-bond donors (Lipinski definition) is 2. The number of carbonyl (C=O) groups is 1. The summed E-state index contributed by atoms with van der Waals surface area (Å²) in [6, 6.07) is 7.70. The van der Waals surface area contributed by atoms with Gasteiger partial charge in [0.25, 0.3) is 0 Å². The molecule has 132 valence electrons. The Bertz CT molecular complexity index is 404. The molecule has 0 amide bonds. The van der Waals surface area contributed by atoms with Crippen LogP contribution in [-0.2, 0) is 10.5 Å². The van der Waals surface area contributed by atoms with Gasteiger partial charge < -0.3 is 10.1 Å². The Labute approximate surface area is 146 Å². The molecular weight excluding hydrogens is 308 g/mol. The normalized spacial score (nSPS) is 8.48. The first kappa shape index (κ1) is 26.3. The fourth-order valence-electron chi connectivity index (χ4n) is 1.06. The third-order valence-corrected chi connectivity index (χ3v) is 2.80. The first-order valence-corrected chi connectivity index (χ1v) is 8.71. The molecule has 1 rings (SSSR count). The predicted octanol–water partition coefficient (Wildman–Crippen LogP) is 4.55. The second kappa shape index (κ2) is 22.7. The molecule has 0 fully saturated rings. The Hall–Kier alpha value is -1.59. The van der Waals surface area contributed by atoms with Gasteiger partial charge in [-0.2, -0.15) is 0 Å².